The van der Waals surface area contributed by atoms with Crippen LogP contribution in [0.4, 0.5) is 0 Å². The maximum atomic E-state index is 12.7. The summed E-state index contributed by atoms with van der Waals surface area (Å²) >= 11 is 0. The molecule has 1 N–H and O–H groups in total. The van der Waals surface area contributed by atoms with Crippen LogP contribution in [-0.2, 0) is 27.7 Å². The molecule has 3 heterocycles. The number of hydrogen-bond donors (Lipinski definition) is 1. The van der Waals surface area contributed by atoms with Gasteiger partial charge in [-0.15, -0.1) is 0 Å². The molecule has 1 fully saturated rings. The summed E-state index contributed by atoms with van der Waals surface area (Å²) in [6, 6.07) is 8.21. The van der Waals surface area contributed by atoms with Crippen molar-refractivity contribution in [3.63, 3.8) is 0 Å². The molecule has 8 nitrogen and oxygen atoms in total. The monoisotopic (exact) mass is 481 g/mol. The van der Waals surface area contributed by atoms with Crippen molar-refractivity contribution in [3.05, 3.63) is 51.9 Å². The first-order valence-electron chi connectivity index (χ1n) is 12.3. The standard InChI is InChI=1S/C27H35N3O5/c1-16(2)30-24-9-7-19(6-8-22(18(4)31)27(33)35-21-10-11-34-15-21)13-23(24)28-25(30)20-12-17(3)26(32)29(5)14-20/h7,9,12-14,16,18,21-22,31H,6,8,10-11,15H2,1-5H3/t18-,21+,22+/m1/s1. The predicted molar refractivity (Wildman–Crippen MR) is 134 cm³/mol. The van der Waals surface area contributed by atoms with Crippen LogP contribution in [0.5, 0.6) is 0 Å². The third kappa shape index (κ3) is 5.33. The van der Waals surface area contributed by atoms with Gasteiger partial charge in [0.15, 0.2) is 0 Å². The van der Waals surface area contributed by atoms with Gasteiger partial charge in [-0.2, -0.15) is 0 Å². The van der Waals surface area contributed by atoms with Crippen LogP contribution < -0.4 is 5.56 Å². The van der Waals surface area contributed by atoms with E-state index in [0.29, 0.717) is 38.0 Å². The third-order valence-electron chi connectivity index (χ3n) is 6.69. The van der Waals surface area contributed by atoms with Gasteiger partial charge in [0.2, 0.25) is 0 Å². The number of hydrogen-bond acceptors (Lipinski definition) is 6. The van der Waals surface area contributed by atoms with Crippen LogP contribution in [0.3, 0.4) is 0 Å². The zero-order valence-electron chi connectivity index (χ0n) is 21.2. The lowest BCUT2D eigenvalue weighted by molar-refractivity contribution is -0.158. The fourth-order valence-electron chi connectivity index (χ4n) is 4.76. The van der Waals surface area contributed by atoms with Crippen LogP contribution in [0.15, 0.2) is 35.3 Å². The third-order valence-corrected chi connectivity index (χ3v) is 6.69. The Morgan fingerprint density at radius 3 is 2.69 bits per heavy atom. The topological polar surface area (TPSA) is 95.6 Å². The van der Waals surface area contributed by atoms with Crippen molar-refractivity contribution in [1.29, 1.82) is 0 Å². The Labute approximate surface area is 205 Å². The zero-order chi connectivity index (χ0) is 25.3. The minimum absolute atomic E-state index is 0.0186. The lowest BCUT2D eigenvalue weighted by atomic mass is 9.95. The van der Waals surface area contributed by atoms with E-state index < -0.39 is 12.0 Å². The fraction of sp³-hybridized carbons (Fsp3) is 0.519. The number of aliphatic hydroxyl groups is 1. The first kappa shape index (κ1) is 25.1. The molecule has 4 rings (SSSR count). The van der Waals surface area contributed by atoms with Crippen molar-refractivity contribution in [2.24, 2.45) is 13.0 Å². The molecule has 0 aliphatic carbocycles. The van der Waals surface area contributed by atoms with Crippen molar-refractivity contribution < 1.29 is 19.4 Å². The first-order chi connectivity index (χ1) is 16.7. The molecule has 8 heteroatoms. The zero-order valence-corrected chi connectivity index (χ0v) is 21.2. The van der Waals surface area contributed by atoms with Crippen LogP contribution >= 0.6 is 0 Å². The summed E-state index contributed by atoms with van der Waals surface area (Å²) in [6.45, 7) is 8.69. The molecule has 0 unspecified atom stereocenters. The fourth-order valence-corrected chi connectivity index (χ4v) is 4.76. The number of aliphatic hydroxyl groups excluding tert-OH is 1. The predicted octanol–water partition coefficient (Wildman–Crippen LogP) is 3.55. The van der Waals surface area contributed by atoms with Gasteiger partial charge < -0.3 is 23.7 Å². The van der Waals surface area contributed by atoms with Gasteiger partial charge in [0.05, 0.1) is 36.3 Å². The van der Waals surface area contributed by atoms with E-state index in [1.807, 2.05) is 31.3 Å². The van der Waals surface area contributed by atoms with E-state index in [-0.39, 0.29) is 23.7 Å². The number of nitrogens with zero attached hydrogens (tertiary/aromatic N) is 3. The summed E-state index contributed by atoms with van der Waals surface area (Å²) in [5, 5.41) is 10.2. The van der Waals surface area contributed by atoms with Gasteiger partial charge >= 0.3 is 5.97 Å². The first-order valence-corrected chi connectivity index (χ1v) is 12.3. The van der Waals surface area contributed by atoms with E-state index in [0.717, 1.165) is 28.0 Å². The summed E-state index contributed by atoms with van der Waals surface area (Å²) in [4.78, 5) is 29.8. The maximum Gasteiger partial charge on any atom is 0.311 e. The Morgan fingerprint density at radius 1 is 1.29 bits per heavy atom. The molecule has 188 valence electrons. The van der Waals surface area contributed by atoms with E-state index in [4.69, 9.17) is 14.5 Å². The van der Waals surface area contributed by atoms with Gasteiger partial charge in [-0.25, -0.2) is 4.98 Å². The lowest BCUT2D eigenvalue weighted by Crippen LogP contribution is -2.31. The summed E-state index contributed by atoms with van der Waals surface area (Å²) in [6.07, 6.45) is 2.60. The van der Waals surface area contributed by atoms with Crippen molar-refractivity contribution in [2.45, 2.75) is 65.2 Å². The van der Waals surface area contributed by atoms with Crippen molar-refractivity contribution in [1.82, 2.24) is 14.1 Å². The molecule has 1 aromatic carbocycles. The molecular formula is C27H35N3O5. The van der Waals surface area contributed by atoms with Crippen molar-refractivity contribution in [3.8, 4) is 11.4 Å². The minimum atomic E-state index is -0.798. The van der Waals surface area contributed by atoms with Gasteiger partial charge in [-0.05, 0) is 64.3 Å². The Hall–Kier alpha value is -2.97. The SMILES string of the molecule is Cc1cc(-c2nc3cc(CC[C@H](C(=O)O[C@H]4CCOC4)[C@@H](C)O)ccc3n2C(C)C)cn(C)c1=O. The van der Waals surface area contributed by atoms with Gasteiger partial charge in [-0.3, -0.25) is 9.59 Å². The Kier molecular flexibility index (Phi) is 7.42. The highest BCUT2D eigenvalue weighted by Gasteiger charge is 2.29. The lowest BCUT2D eigenvalue weighted by Gasteiger charge is -2.20. The summed E-state index contributed by atoms with van der Waals surface area (Å²) in [7, 11) is 1.75. The highest BCUT2D eigenvalue weighted by molar-refractivity contribution is 5.81. The van der Waals surface area contributed by atoms with Gasteiger partial charge in [0.25, 0.3) is 5.56 Å². The molecule has 0 bridgehead atoms. The number of imidazole rings is 1. The van der Waals surface area contributed by atoms with Gasteiger partial charge in [0.1, 0.15) is 11.9 Å². The molecule has 1 aliphatic rings. The normalized spacial score (nSPS) is 17.7. The Morgan fingerprint density at radius 2 is 2.06 bits per heavy atom. The summed E-state index contributed by atoms with van der Waals surface area (Å²) < 4.78 is 14.6. The molecule has 0 radical (unpaired) electrons. The van der Waals surface area contributed by atoms with E-state index in [9.17, 15) is 14.7 Å². The Balaban J connectivity index is 1.59. The van der Waals surface area contributed by atoms with Crippen LogP contribution in [0.25, 0.3) is 22.4 Å². The molecule has 2 aromatic heterocycles. The van der Waals surface area contributed by atoms with Gasteiger partial charge in [-0.1, -0.05) is 6.07 Å². The summed E-state index contributed by atoms with van der Waals surface area (Å²) in [5.41, 5.74) is 4.46. The molecule has 0 spiro atoms. The molecule has 3 aromatic rings. The second kappa shape index (κ2) is 10.3. The number of carbonyl (C=O) groups is 1. The van der Waals surface area contributed by atoms with Gasteiger partial charge in [0, 0.05) is 36.8 Å². The molecule has 0 amide bonds. The number of rotatable bonds is 8. The molecule has 35 heavy (non-hydrogen) atoms. The average molecular weight is 482 g/mol. The quantitative estimate of drug-likeness (QED) is 0.495. The van der Waals surface area contributed by atoms with Crippen LogP contribution in [-0.4, -0.2) is 50.6 Å². The van der Waals surface area contributed by atoms with E-state index in [1.165, 1.54) is 0 Å². The smallest absolute Gasteiger partial charge is 0.311 e. The number of benzene rings is 1. The average Bonchev–Trinajstić information content (AvgIpc) is 3.44. The minimum Gasteiger partial charge on any atom is -0.460 e. The maximum absolute atomic E-state index is 12.7. The molecule has 0 saturated carbocycles. The highest BCUT2D eigenvalue weighted by Crippen LogP contribution is 2.29. The van der Waals surface area contributed by atoms with E-state index in [2.05, 4.69) is 24.5 Å². The van der Waals surface area contributed by atoms with Crippen LogP contribution in [0.2, 0.25) is 0 Å². The number of esters is 1. The van der Waals surface area contributed by atoms with Crippen molar-refractivity contribution in [2.75, 3.05) is 13.2 Å². The van der Waals surface area contributed by atoms with Crippen molar-refractivity contribution >= 4 is 17.0 Å². The highest BCUT2D eigenvalue weighted by atomic mass is 16.6. The van der Waals surface area contributed by atoms with E-state index >= 15 is 0 Å². The Bertz CT molecular complexity index is 1240. The largest absolute Gasteiger partial charge is 0.460 e. The second-order valence-electron chi connectivity index (χ2n) is 9.86. The number of ether oxygens (including phenoxy) is 2. The summed E-state index contributed by atoms with van der Waals surface area (Å²) in [5.74, 6) is -0.147. The number of pyridine rings is 1. The molecule has 3 atom stereocenters. The van der Waals surface area contributed by atoms with Crippen LogP contribution in [0, 0.1) is 12.8 Å². The number of aromatic nitrogens is 3. The number of fused-ring (bicyclic) bond motifs is 1. The molecule has 1 aliphatic heterocycles. The molecule has 1 saturated heterocycles. The van der Waals surface area contributed by atoms with E-state index in [1.54, 1.807) is 18.5 Å². The second-order valence-corrected chi connectivity index (χ2v) is 9.86. The van der Waals surface area contributed by atoms with Crippen LogP contribution in [0.1, 0.15) is 50.8 Å². The number of carbonyl (C=O) groups excluding carboxylic acids is 1. The molecular weight excluding hydrogens is 446 g/mol. The number of aryl methyl sites for hydroxylation is 3.